The molecule has 1 N–H and O–H groups in total. The quantitative estimate of drug-likeness (QED) is 0.594. The number of methoxy groups -OCH3 is 1. The van der Waals surface area contributed by atoms with Gasteiger partial charge in [0.1, 0.15) is 23.9 Å². The summed E-state index contributed by atoms with van der Waals surface area (Å²) < 4.78 is 10.8. The second-order valence-corrected chi connectivity index (χ2v) is 6.71. The van der Waals surface area contributed by atoms with E-state index in [1.807, 2.05) is 51.1 Å². The standard InChI is InChI=1S/C21H25NO3/c1-6-11-25-17-9-7-16(8-10-17)22-14-15-12-18(24-5)13-19(20(15)23)21(2,3)4/h6-10,12-14,23H,1,11H2,2-5H3. The van der Waals surface area contributed by atoms with Crippen molar-refractivity contribution >= 4 is 11.9 Å². The highest BCUT2D eigenvalue weighted by Gasteiger charge is 2.21. The van der Waals surface area contributed by atoms with Gasteiger partial charge in [-0.15, -0.1) is 0 Å². The fraction of sp³-hybridized carbons (Fsp3) is 0.286. The molecule has 0 bridgehead atoms. The minimum atomic E-state index is -0.203. The predicted octanol–water partition coefficient (Wildman–Crippen LogP) is 5.01. The lowest BCUT2D eigenvalue weighted by atomic mass is 9.85. The molecule has 0 fully saturated rings. The topological polar surface area (TPSA) is 51.0 Å². The molecule has 132 valence electrons. The largest absolute Gasteiger partial charge is 0.507 e. The summed E-state index contributed by atoms with van der Waals surface area (Å²) in [5.74, 6) is 1.68. The summed E-state index contributed by atoms with van der Waals surface area (Å²) in [5, 5.41) is 10.6. The molecule has 4 heteroatoms. The Labute approximate surface area is 149 Å². The third-order valence-corrected chi connectivity index (χ3v) is 3.71. The van der Waals surface area contributed by atoms with E-state index in [-0.39, 0.29) is 11.2 Å². The van der Waals surface area contributed by atoms with Gasteiger partial charge in [-0.3, -0.25) is 4.99 Å². The van der Waals surface area contributed by atoms with Gasteiger partial charge in [0, 0.05) is 17.3 Å². The van der Waals surface area contributed by atoms with E-state index in [1.165, 1.54) is 0 Å². The number of hydrogen-bond acceptors (Lipinski definition) is 4. The number of ether oxygens (including phenoxy) is 2. The third kappa shape index (κ3) is 4.86. The second kappa shape index (κ2) is 7.88. The molecule has 2 aromatic rings. The van der Waals surface area contributed by atoms with Crippen LogP contribution in [0.1, 0.15) is 31.9 Å². The van der Waals surface area contributed by atoms with Gasteiger partial charge in [0.15, 0.2) is 0 Å². The average Bonchev–Trinajstić information content (AvgIpc) is 2.59. The van der Waals surface area contributed by atoms with E-state index in [9.17, 15) is 5.11 Å². The zero-order valence-electron chi connectivity index (χ0n) is 15.2. The number of phenols is 1. The van der Waals surface area contributed by atoms with Crippen LogP contribution >= 0.6 is 0 Å². The molecular formula is C21H25NO3. The molecule has 0 aromatic heterocycles. The van der Waals surface area contributed by atoms with Crippen molar-refractivity contribution in [3.05, 3.63) is 60.2 Å². The van der Waals surface area contributed by atoms with Crippen LogP contribution in [0, 0.1) is 0 Å². The number of nitrogens with zero attached hydrogens (tertiary/aromatic N) is 1. The van der Waals surface area contributed by atoms with Gasteiger partial charge < -0.3 is 14.6 Å². The highest BCUT2D eigenvalue weighted by Crippen LogP contribution is 2.36. The van der Waals surface area contributed by atoms with Crippen LogP contribution in [0.25, 0.3) is 0 Å². The minimum absolute atomic E-state index is 0.203. The normalized spacial score (nSPS) is 11.5. The van der Waals surface area contributed by atoms with Gasteiger partial charge in [0.05, 0.1) is 12.8 Å². The van der Waals surface area contributed by atoms with Gasteiger partial charge >= 0.3 is 0 Å². The fourth-order valence-electron chi connectivity index (χ4n) is 2.35. The maximum Gasteiger partial charge on any atom is 0.128 e. The zero-order chi connectivity index (χ0) is 18.4. The zero-order valence-corrected chi connectivity index (χ0v) is 15.2. The Balaban J connectivity index is 2.29. The molecule has 0 aliphatic heterocycles. The number of aromatic hydroxyl groups is 1. The Kier molecular flexibility index (Phi) is 5.86. The monoisotopic (exact) mass is 339 g/mol. The molecule has 0 aliphatic carbocycles. The molecule has 2 aromatic carbocycles. The lowest BCUT2D eigenvalue weighted by Crippen LogP contribution is -2.12. The van der Waals surface area contributed by atoms with Crippen LogP contribution in [0.5, 0.6) is 17.2 Å². The average molecular weight is 339 g/mol. The maximum absolute atomic E-state index is 10.6. The van der Waals surface area contributed by atoms with Crippen LogP contribution in [0.4, 0.5) is 5.69 Å². The Morgan fingerprint density at radius 2 is 1.80 bits per heavy atom. The number of aliphatic imine (C=N–C) groups is 1. The van der Waals surface area contributed by atoms with Crippen LogP contribution in [0.15, 0.2) is 54.0 Å². The third-order valence-electron chi connectivity index (χ3n) is 3.71. The van der Waals surface area contributed by atoms with Crippen molar-refractivity contribution in [2.75, 3.05) is 13.7 Å². The molecule has 0 saturated heterocycles. The molecule has 25 heavy (non-hydrogen) atoms. The molecule has 4 nitrogen and oxygen atoms in total. The van der Waals surface area contributed by atoms with Crippen LogP contribution in [-0.2, 0) is 5.41 Å². The Bertz CT molecular complexity index is 756. The van der Waals surface area contributed by atoms with Crippen molar-refractivity contribution in [2.45, 2.75) is 26.2 Å². The van der Waals surface area contributed by atoms with Gasteiger partial charge in [0.25, 0.3) is 0 Å². The van der Waals surface area contributed by atoms with Gasteiger partial charge in [0.2, 0.25) is 0 Å². The molecule has 0 atom stereocenters. The van der Waals surface area contributed by atoms with E-state index in [0.29, 0.717) is 17.9 Å². The van der Waals surface area contributed by atoms with Crippen molar-refractivity contribution in [2.24, 2.45) is 4.99 Å². The van der Waals surface area contributed by atoms with Crippen molar-refractivity contribution in [1.82, 2.24) is 0 Å². The first-order valence-corrected chi connectivity index (χ1v) is 8.14. The van der Waals surface area contributed by atoms with Gasteiger partial charge in [-0.1, -0.05) is 33.4 Å². The lowest BCUT2D eigenvalue weighted by Gasteiger charge is -2.22. The van der Waals surface area contributed by atoms with E-state index in [4.69, 9.17) is 9.47 Å². The molecule has 0 unspecified atom stereocenters. The van der Waals surface area contributed by atoms with E-state index >= 15 is 0 Å². The van der Waals surface area contributed by atoms with Crippen LogP contribution < -0.4 is 9.47 Å². The van der Waals surface area contributed by atoms with Gasteiger partial charge in [-0.05, 0) is 41.8 Å². The maximum atomic E-state index is 10.6. The summed E-state index contributed by atoms with van der Waals surface area (Å²) >= 11 is 0. The summed E-state index contributed by atoms with van der Waals surface area (Å²) in [4.78, 5) is 4.44. The Morgan fingerprint density at radius 3 is 2.36 bits per heavy atom. The van der Waals surface area contributed by atoms with E-state index < -0.39 is 0 Å². The summed E-state index contributed by atoms with van der Waals surface area (Å²) in [7, 11) is 1.61. The van der Waals surface area contributed by atoms with Crippen molar-refractivity contribution in [3.8, 4) is 17.2 Å². The Hall–Kier alpha value is -2.75. The Morgan fingerprint density at radius 1 is 1.12 bits per heavy atom. The first kappa shape index (κ1) is 18.6. The van der Waals surface area contributed by atoms with Gasteiger partial charge in [-0.25, -0.2) is 0 Å². The van der Waals surface area contributed by atoms with Crippen molar-refractivity contribution < 1.29 is 14.6 Å². The summed E-state index contributed by atoms with van der Waals surface area (Å²) in [6, 6.07) is 11.0. The highest BCUT2D eigenvalue weighted by atomic mass is 16.5. The molecule has 0 radical (unpaired) electrons. The molecule has 0 saturated carbocycles. The van der Waals surface area contributed by atoms with Crippen LogP contribution in [-0.4, -0.2) is 25.0 Å². The summed E-state index contributed by atoms with van der Waals surface area (Å²) in [5.41, 5.74) is 2.01. The molecule has 0 amide bonds. The molecular weight excluding hydrogens is 314 g/mol. The molecule has 0 heterocycles. The first-order valence-electron chi connectivity index (χ1n) is 8.14. The van der Waals surface area contributed by atoms with E-state index in [0.717, 1.165) is 17.0 Å². The predicted molar refractivity (Wildman–Crippen MR) is 103 cm³/mol. The SMILES string of the molecule is C=CCOc1ccc(N=Cc2cc(OC)cc(C(C)(C)C)c2O)cc1. The lowest BCUT2D eigenvalue weighted by molar-refractivity contribution is 0.363. The summed E-state index contributed by atoms with van der Waals surface area (Å²) in [6.45, 7) is 10.2. The second-order valence-electron chi connectivity index (χ2n) is 6.71. The number of phenolic OH excluding ortho intramolecular Hbond substituents is 1. The van der Waals surface area contributed by atoms with E-state index in [2.05, 4.69) is 11.6 Å². The van der Waals surface area contributed by atoms with Gasteiger partial charge in [-0.2, -0.15) is 0 Å². The number of benzene rings is 2. The number of rotatable bonds is 6. The number of hydrogen-bond donors (Lipinski definition) is 1. The van der Waals surface area contributed by atoms with E-state index in [1.54, 1.807) is 25.5 Å². The van der Waals surface area contributed by atoms with Crippen molar-refractivity contribution in [1.29, 1.82) is 0 Å². The van der Waals surface area contributed by atoms with Crippen LogP contribution in [0.3, 0.4) is 0 Å². The van der Waals surface area contributed by atoms with Crippen LogP contribution in [0.2, 0.25) is 0 Å². The molecule has 0 aliphatic rings. The van der Waals surface area contributed by atoms with Crippen molar-refractivity contribution in [3.63, 3.8) is 0 Å². The fourth-order valence-corrected chi connectivity index (χ4v) is 2.35. The summed E-state index contributed by atoms with van der Waals surface area (Å²) in [6.07, 6.45) is 3.34. The first-order chi connectivity index (χ1) is 11.8. The molecule has 0 spiro atoms. The highest BCUT2D eigenvalue weighted by molar-refractivity contribution is 5.87. The molecule has 2 rings (SSSR count). The minimum Gasteiger partial charge on any atom is -0.507 e. The smallest absolute Gasteiger partial charge is 0.128 e.